The third-order valence-electron chi connectivity index (χ3n) is 2.80. The maximum Gasteiger partial charge on any atom is 0.0208 e. The van der Waals surface area contributed by atoms with Crippen molar-refractivity contribution in [2.75, 3.05) is 17.3 Å². The van der Waals surface area contributed by atoms with E-state index in [0.29, 0.717) is 0 Å². The molecule has 0 spiro atoms. The molecule has 17 heavy (non-hydrogen) atoms. The Hall–Kier alpha value is -0.120. The van der Waals surface area contributed by atoms with Crippen molar-refractivity contribution in [3.05, 3.63) is 29.8 Å². The predicted molar refractivity (Wildman–Crippen MR) is 80.0 cm³/mol. The highest BCUT2D eigenvalue weighted by atomic mass is 32.2. The third-order valence-corrected chi connectivity index (χ3v) is 4.97. The molecule has 0 bridgehead atoms. The minimum Gasteiger partial charge on any atom is -0.310 e. The molecule has 0 saturated heterocycles. The summed E-state index contributed by atoms with van der Waals surface area (Å²) in [4.78, 5) is 1.40. The van der Waals surface area contributed by atoms with Crippen LogP contribution in [0.25, 0.3) is 0 Å². The average molecular weight is 267 g/mol. The standard InChI is InChI=1S/C14H21NS2/c1-2-16-9-10-17-14-7-3-12(4-8-14)11-15-13-5-6-13/h3-4,7-8,13,15H,2,5-6,9-11H2,1H3. The first-order valence-electron chi connectivity index (χ1n) is 6.41. The molecule has 1 aliphatic carbocycles. The van der Waals surface area contributed by atoms with Gasteiger partial charge in [0.1, 0.15) is 0 Å². The maximum absolute atomic E-state index is 3.54. The van der Waals surface area contributed by atoms with Gasteiger partial charge in [-0.3, -0.25) is 0 Å². The highest BCUT2D eigenvalue weighted by molar-refractivity contribution is 8.02. The lowest BCUT2D eigenvalue weighted by atomic mass is 10.2. The molecule has 2 rings (SSSR count). The Labute approximate surface area is 113 Å². The number of hydrogen-bond donors (Lipinski definition) is 1. The quantitative estimate of drug-likeness (QED) is 0.568. The highest BCUT2D eigenvalue weighted by Gasteiger charge is 2.19. The molecule has 1 aromatic carbocycles. The zero-order valence-electron chi connectivity index (χ0n) is 10.4. The highest BCUT2D eigenvalue weighted by Crippen LogP contribution is 2.21. The second kappa shape index (κ2) is 7.34. The van der Waals surface area contributed by atoms with Gasteiger partial charge in [0.05, 0.1) is 0 Å². The largest absolute Gasteiger partial charge is 0.310 e. The van der Waals surface area contributed by atoms with Crippen LogP contribution in [-0.4, -0.2) is 23.3 Å². The molecule has 1 nitrogen and oxygen atoms in total. The van der Waals surface area contributed by atoms with Crippen LogP contribution in [0.5, 0.6) is 0 Å². The van der Waals surface area contributed by atoms with Crippen LogP contribution in [0.3, 0.4) is 0 Å². The zero-order chi connectivity index (χ0) is 11.9. The fourth-order valence-corrected chi connectivity index (χ4v) is 3.27. The lowest BCUT2D eigenvalue weighted by Gasteiger charge is -2.05. The predicted octanol–water partition coefficient (Wildman–Crippen LogP) is 3.78. The van der Waals surface area contributed by atoms with E-state index in [0.717, 1.165) is 12.6 Å². The summed E-state index contributed by atoms with van der Waals surface area (Å²) in [6, 6.07) is 9.82. The molecule has 0 aromatic heterocycles. The van der Waals surface area contributed by atoms with Crippen molar-refractivity contribution < 1.29 is 0 Å². The van der Waals surface area contributed by atoms with E-state index in [9.17, 15) is 0 Å². The molecule has 1 N–H and O–H groups in total. The summed E-state index contributed by atoms with van der Waals surface area (Å²) in [6.07, 6.45) is 2.73. The molecule has 1 saturated carbocycles. The number of nitrogens with one attached hydrogen (secondary N) is 1. The summed E-state index contributed by atoms with van der Waals surface area (Å²) in [5.41, 5.74) is 1.41. The number of benzene rings is 1. The van der Waals surface area contributed by atoms with Gasteiger partial charge in [0.2, 0.25) is 0 Å². The molecule has 0 radical (unpaired) electrons. The Morgan fingerprint density at radius 1 is 1.18 bits per heavy atom. The van der Waals surface area contributed by atoms with E-state index in [4.69, 9.17) is 0 Å². The van der Waals surface area contributed by atoms with E-state index < -0.39 is 0 Å². The van der Waals surface area contributed by atoms with Crippen molar-refractivity contribution in [3.63, 3.8) is 0 Å². The fourth-order valence-electron chi connectivity index (χ4n) is 1.62. The average Bonchev–Trinajstić information content (AvgIpc) is 3.18. The fraction of sp³-hybridized carbons (Fsp3) is 0.571. The van der Waals surface area contributed by atoms with Crippen molar-refractivity contribution in [1.29, 1.82) is 0 Å². The van der Waals surface area contributed by atoms with Gasteiger partial charge in [-0.05, 0) is 36.3 Å². The van der Waals surface area contributed by atoms with Crippen LogP contribution in [0.1, 0.15) is 25.3 Å². The number of rotatable bonds is 8. The maximum atomic E-state index is 3.54. The summed E-state index contributed by atoms with van der Waals surface area (Å²) >= 11 is 3.98. The van der Waals surface area contributed by atoms with Crippen molar-refractivity contribution in [2.45, 2.75) is 37.2 Å². The van der Waals surface area contributed by atoms with Crippen LogP contribution >= 0.6 is 23.5 Å². The van der Waals surface area contributed by atoms with E-state index in [2.05, 4.69) is 36.5 Å². The lowest BCUT2D eigenvalue weighted by Crippen LogP contribution is -2.14. The Bertz CT molecular complexity index is 319. The van der Waals surface area contributed by atoms with Gasteiger partial charge in [-0.15, -0.1) is 11.8 Å². The van der Waals surface area contributed by atoms with Crippen molar-refractivity contribution in [1.82, 2.24) is 5.32 Å². The van der Waals surface area contributed by atoms with Gasteiger partial charge in [0.15, 0.2) is 0 Å². The van der Waals surface area contributed by atoms with Crippen molar-refractivity contribution >= 4 is 23.5 Å². The Kier molecular flexibility index (Phi) is 5.75. The van der Waals surface area contributed by atoms with Gasteiger partial charge >= 0.3 is 0 Å². The van der Waals surface area contributed by atoms with E-state index in [1.807, 2.05) is 23.5 Å². The molecule has 0 atom stereocenters. The van der Waals surface area contributed by atoms with Crippen LogP contribution in [-0.2, 0) is 6.54 Å². The minimum atomic E-state index is 0.801. The number of thioether (sulfide) groups is 2. The summed E-state index contributed by atoms with van der Waals surface area (Å²) in [5, 5.41) is 3.54. The van der Waals surface area contributed by atoms with Crippen molar-refractivity contribution in [3.8, 4) is 0 Å². The molecule has 0 heterocycles. The monoisotopic (exact) mass is 267 g/mol. The van der Waals surface area contributed by atoms with Crippen LogP contribution in [0.2, 0.25) is 0 Å². The Balaban J connectivity index is 1.68. The first-order valence-corrected chi connectivity index (χ1v) is 8.55. The smallest absolute Gasteiger partial charge is 0.0208 e. The first kappa shape index (κ1) is 13.3. The van der Waals surface area contributed by atoms with Crippen LogP contribution in [0.15, 0.2) is 29.2 Å². The second-order valence-electron chi connectivity index (χ2n) is 4.34. The summed E-state index contributed by atoms with van der Waals surface area (Å²) in [6.45, 7) is 3.25. The lowest BCUT2D eigenvalue weighted by molar-refractivity contribution is 0.687. The van der Waals surface area contributed by atoms with E-state index in [1.165, 1.54) is 40.6 Å². The van der Waals surface area contributed by atoms with Gasteiger partial charge < -0.3 is 5.32 Å². The third kappa shape index (κ3) is 5.36. The van der Waals surface area contributed by atoms with E-state index in [-0.39, 0.29) is 0 Å². The van der Waals surface area contributed by atoms with Crippen molar-refractivity contribution in [2.24, 2.45) is 0 Å². The van der Waals surface area contributed by atoms with Gasteiger partial charge in [0, 0.05) is 29.0 Å². The molecule has 1 aliphatic rings. The first-order chi connectivity index (χ1) is 8.38. The molecule has 0 unspecified atom stereocenters. The second-order valence-corrected chi connectivity index (χ2v) is 6.91. The van der Waals surface area contributed by atoms with Crippen LogP contribution < -0.4 is 5.32 Å². The molecule has 1 fully saturated rings. The molecule has 1 aromatic rings. The molecular formula is C14H21NS2. The normalized spacial score (nSPS) is 15.1. The van der Waals surface area contributed by atoms with E-state index >= 15 is 0 Å². The van der Waals surface area contributed by atoms with Crippen LogP contribution in [0.4, 0.5) is 0 Å². The SMILES string of the molecule is CCSCCSc1ccc(CNC2CC2)cc1. The molecule has 0 amide bonds. The Morgan fingerprint density at radius 3 is 2.59 bits per heavy atom. The van der Waals surface area contributed by atoms with Gasteiger partial charge in [-0.25, -0.2) is 0 Å². The van der Waals surface area contributed by atoms with Gasteiger partial charge in [0.25, 0.3) is 0 Å². The summed E-state index contributed by atoms with van der Waals surface area (Å²) in [5.74, 6) is 3.71. The summed E-state index contributed by atoms with van der Waals surface area (Å²) in [7, 11) is 0. The molecule has 0 aliphatic heterocycles. The zero-order valence-corrected chi connectivity index (χ0v) is 12.1. The summed E-state index contributed by atoms with van der Waals surface area (Å²) < 4.78 is 0. The van der Waals surface area contributed by atoms with Gasteiger partial charge in [-0.1, -0.05) is 19.1 Å². The Morgan fingerprint density at radius 2 is 1.94 bits per heavy atom. The molecular weight excluding hydrogens is 246 g/mol. The topological polar surface area (TPSA) is 12.0 Å². The van der Waals surface area contributed by atoms with Gasteiger partial charge in [-0.2, -0.15) is 11.8 Å². The minimum absolute atomic E-state index is 0.801. The number of hydrogen-bond acceptors (Lipinski definition) is 3. The molecule has 3 heteroatoms. The van der Waals surface area contributed by atoms with Crippen LogP contribution in [0, 0.1) is 0 Å². The molecule has 94 valence electrons. The van der Waals surface area contributed by atoms with E-state index in [1.54, 1.807) is 0 Å².